The molecule has 26 heavy (non-hydrogen) atoms. The summed E-state index contributed by atoms with van der Waals surface area (Å²) in [6.45, 7) is 2.15. The molecule has 136 valence electrons. The van der Waals surface area contributed by atoms with E-state index in [9.17, 15) is 4.79 Å². The van der Waals surface area contributed by atoms with Crippen LogP contribution in [0.1, 0.15) is 29.8 Å². The van der Waals surface area contributed by atoms with Gasteiger partial charge in [0.25, 0.3) is 5.91 Å². The van der Waals surface area contributed by atoms with E-state index in [1.165, 1.54) is 11.9 Å². The number of carbonyl (C=O) groups excluding carboxylic acids is 1. The predicted molar refractivity (Wildman–Crippen MR) is 99.1 cm³/mol. The van der Waals surface area contributed by atoms with Crippen LogP contribution in [0.5, 0.6) is 0 Å². The summed E-state index contributed by atoms with van der Waals surface area (Å²) >= 11 is 0. The first kappa shape index (κ1) is 17.0. The average molecular weight is 352 g/mol. The highest BCUT2D eigenvalue weighted by Crippen LogP contribution is 2.38. The molecule has 1 aromatic carbocycles. The molecule has 1 aromatic heterocycles. The normalized spacial score (nSPS) is 21.7. The Balaban J connectivity index is 1.37. The first-order chi connectivity index (χ1) is 12.7. The van der Waals surface area contributed by atoms with Gasteiger partial charge in [0.2, 0.25) is 0 Å². The molecule has 2 saturated heterocycles. The summed E-state index contributed by atoms with van der Waals surface area (Å²) in [5.41, 5.74) is 1.53. The highest BCUT2D eigenvalue weighted by Gasteiger charge is 2.44. The molecule has 0 radical (unpaired) electrons. The molecule has 0 unspecified atom stereocenters. The fourth-order valence-corrected chi connectivity index (χ4v) is 3.98. The molecule has 0 bridgehead atoms. The number of rotatable bonds is 3. The quantitative estimate of drug-likeness (QED) is 0.849. The maximum atomic E-state index is 12.5. The van der Waals surface area contributed by atoms with Gasteiger partial charge >= 0.3 is 0 Å². The van der Waals surface area contributed by atoms with E-state index < -0.39 is 0 Å². The van der Waals surface area contributed by atoms with Crippen LogP contribution in [0.25, 0.3) is 0 Å². The summed E-state index contributed by atoms with van der Waals surface area (Å²) in [4.78, 5) is 24.8. The smallest absolute Gasteiger partial charge is 0.274 e. The SMILES string of the molecule is CN(c1ccccc1)[C@H]1COC2(CCN(C(=O)c3cnccn3)CC2)C1. The van der Waals surface area contributed by atoms with Gasteiger partial charge in [0.15, 0.2) is 0 Å². The lowest BCUT2D eigenvalue weighted by molar-refractivity contribution is -0.0389. The average Bonchev–Trinajstić information content (AvgIpc) is 3.12. The highest BCUT2D eigenvalue weighted by atomic mass is 16.5. The fraction of sp³-hybridized carbons (Fsp3) is 0.450. The summed E-state index contributed by atoms with van der Waals surface area (Å²) in [6.07, 6.45) is 7.42. The Kier molecular flexibility index (Phi) is 4.59. The number of likely N-dealkylation sites (N-methyl/N-ethyl adjacent to an activating group) is 1. The molecule has 1 atom stereocenters. The molecule has 2 aromatic rings. The van der Waals surface area contributed by atoms with Crippen LogP contribution in [0.4, 0.5) is 5.69 Å². The van der Waals surface area contributed by atoms with Crippen molar-refractivity contribution < 1.29 is 9.53 Å². The summed E-state index contributed by atoms with van der Waals surface area (Å²) in [5, 5.41) is 0. The van der Waals surface area contributed by atoms with Crippen LogP contribution in [0.2, 0.25) is 0 Å². The molecule has 2 fully saturated rings. The number of hydrogen-bond donors (Lipinski definition) is 0. The minimum atomic E-state index is -0.104. The monoisotopic (exact) mass is 352 g/mol. The van der Waals surface area contributed by atoms with Crippen molar-refractivity contribution in [3.63, 3.8) is 0 Å². The van der Waals surface area contributed by atoms with Crippen molar-refractivity contribution in [3.05, 3.63) is 54.6 Å². The van der Waals surface area contributed by atoms with Crippen molar-refractivity contribution >= 4 is 11.6 Å². The van der Waals surface area contributed by atoms with Crippen LogP contribution < -0.4 is 4.90 Å². The number of aromatic nitrogens is 2. The summed E-state index contributed by atoms with van der Waals surface area (Å²) in [5.74, 6) is -0.0381. The third kappa shape index (κ3) is 3.29. The Morgan fingerprint density at radius 1 is 1.23 bits per heavy atom. The second-order valence-electron chi connectivity index (χ2n) is 7.18. The van der Waals surface area contributed by atoms with Crippen molar-refractivity contribution in [3.8, 4) is 0 Å². The Morgan fingerprint density at radius 2 is 2.00 bits per heavy atom. The van der Waals surface area contributed by atoms with E-state index in [0.29, 0.717) is 24.8 Å². The van der Waals surface area contributed by atoms with Crippen molar-refractivity contribution in [2.75, 3.05) is 31.6 Å². The maximum Gasteiger partial charge on any atom is 0.274 e. The molecule has 0 aliphatic carbocycles. The zero-order chi connectivity index (χ0) is 18.0. The van der Waals surface area contributed by atoms with Gasteiger partial charge in [-0.05, 0) is 31.4 Å². The molecule has 0 N–H and O–H groups in total. The van der Waals surface area contributed by atoms with Crippen LogP contribution in [-0.4, -0.2) is 59.2 Å². The minimum Gasteiger partial charge on any atom is -0.373 e. The molecule has 6 heteroatoms. The number of hydrogen-bond acceptors (Lipinski definition) is 5. The van der Waals surface area contributed by atoms with Crippen LogP contribution in [0.3, 0.4) is 0 Å². The van der Waals surface area contributed by atoms with Gasteiger partial charge in [0, 0.05) is 38.2 Å². The Hall–Kier alpha value is -2.47. The summed E-state index contributed by atoms with van der Waals surface area (Å²) < 4.78 is 6.26. The number of amides is 1. The third-order valence-corrected chi connectivity index (χ3v) is 5.64. The van der Waals surface area contributed by atoms with Gasteiger partial charge in [-0.1, -0.05) is 18.2 Å². The number of ether oxygens (including phenoxy) is 1. The number of carbonyl (C=O) groups is 1. The fourth-order valence-electron chi connectivity index (χ4n) is 3.98. The van der Waals surface area contributed by atoms with Crippen LogP contribution in [0, 0.1) is 0 Å². The Morgan fingerprint density at radius 3 is 2.69 bits per heavy atom. The summed E-state index contributed by atoms with van der Waals surface area (Å²) in [7, 11) is 2.13. The van der Waals surface area contributed by atoms with E-state index in [-0.39, 0.29) is 11.5 Å². The third-order valence-electron chi connectivity index (χ3n) is 5.64. The van der Waals surface area contributed by atoms with E-state index in [1.54, 1.807) is 12.4 Å². The van der Waals surface area contributed by atoms with Crippen molar-refractivity contribution in [2.24, 2.45) is 0 Å². The number of benzene rings is 1. The van der Waals surface area contributed by atoms with E-state index in [2.05, 4.69) is 46.2 Å². The van der Waals surface area contributed by atoms with E-state index in [1.807, 2.05) is 11.0 Å². The first-order valence-electron chi connectivity index (χ1n) is 9.14. The Bertz CT molecular complexity index is 745. The van der Waals surface area contributed by atoms with Crippen molar-refractivity contribution in [1.82, 2.24) is 14.9 Å². The van der Waals surface area contributed by atoms with Gasteiger partial charge < -0.3 is 14.5 Å². The molecule has 6 nitrogen and oxygen atoms in total. The van der Waals surface area contributed by atoms with Crippen LogP contribution >= 0.6 is 0 Å². The maximum absolute atomic E-state index is 12.5. The van der Waals surface area contributed by atoms with Crippen molar-refractivity contribution in [1.29, 1.82) is 0 Å². The molecular weight excluding hydrogens is 328 g/mol. The van der Waals surface area contributed by atoms with Crippen LogP contribution in [0.15, 0.2) is 48.9 Å². The van der Waals surface area contributed by atoms with Crippen molar-refractivity contribution in [2.45, 2.75) is 30.9 Å². The number of para-hydroxylation sites is 1. The molecule has 2 aliphatic rings. The largest absolute Gasteiger partial charge is 0.373 e. The van der Waals surface area contributed by atoms with Gasteiger partial charge in [-0.3, -0.25) is 9.78 Å². The van der Waals surface area contributed by atoms with Gasteiger partial charge in [-0.15, -0.1) is 0 Å². The van der Waals surface area contributed by atoms with Crippen LogP contribution in [-0.2, 0) is 4.74 Å². The highest BCUT2D eigenvalue weighted by molar-refractivity contribution is 5.92. The number of likely N-dealkylation sites (tertiary alicyclic amines) is 1. The molecule has 1 spiro atoms. The number of piperidine rings is 1. The van der Waals surface area contributed by atoms with Gasteiger partial charge in [-0.2, -0.15) is 0 Å². The number of nitrogens with zero attached hydrogens (tertiary/aromatic N) is 4. The zero-order valence-corrected chi connectivity index (χ0v) is 15.0. The molecular formula is C20H24N4O2. The lowest BCUT2D eigenvalue weighted by atomic mass is 9.87. The van der Waals surface area contributed by atoms with E-state index >= 15 is 0 Å². The minimum absolute atomic E-state index is 0.0381. The summed E-state index contributed by atoms with van der Waals surface area (Å²) in [6, 6.07) is 10.8. The second-order valence-corrected chi connectivity index (χ2v) is 7.18. The molecule has 3 heterocycles. The molecule has 2 aliphatic heterocycles. The van der Waals surface area contributed by atoms with E-state index in [0.717, 1.165) is 25.9 Å². The predicted octanol–water partition coefficient (Wildman–Crippen LogP) is 2.38. The van der Waals surface area contributed by atoms with Gasteiger partial charge in [-0.25, -0.2) is 4.98 Å². The lowest BCUT2D eigenvalue weighted by Gasteiger charge is -2.38. The van der Waals surface area contributed by atoms with Gasteiger partial charge in [0.05, 0.1) is 24.4 Å². The lowest BCUT2D eigenvalue weighted by Crippen LogP contribution is -2.47. The first-order valence-corrected chi connectivity index (χ1v) is 9.14. The molecule has 4 rings (SSSR count). The molecule has 1 amide bonds. The number of anilines is 1. The zero-order valence-electron chi connectivity index (χ0n) is 15.0. The topological polar surface area (TPSA) is 58.6 Å². The van der Waals surface area contributed by atoms with E-state index in [4.69, 9.17) is 4.74 Å². The standard InChI is InChI=1S/C20H24N4O2/c1-23(16-5-3-2-4-6-16)17-13-20(26-15-17)7-11-24(12-8-20)19(25)18-14-21-9-10-22-18/h2-6,9-10,14,17H,7-8,11-13,15H2,1H3/t17-/m1/s1. The van der Waals surface area contributed by atoms with Gasteiger partial charge in [0.1, 0.15) is 5.69 Å². The Labute approximate surface area is 153 Å². The second kappa shape index (κ2) is 7.03. The molecule has 0 saturated carbocycles.